The summed E-state index contributed by atoms with van der Waals surface area (Å²) >= 11 is 1.46. The first kappa shape index (κ1) is 33.8. The van der Waals surface area contributed by atoms with Crippen LogP contribution in [0.4, 0.5) is 0 Å². The monoisotopic (exact) mass is 640 g/mol. The van der Waals surface area contributed by atoms with Crippen LogP contribution in [0.2, 0.25) is 0 Å². The van der Waals surface area contributed by atoms with Gasteiger partial charge >= 0.3 is 112 Å². The average Bonchev–Trinajstić information content (AvgIpc) is 3.58. The maximum absolute atomic E-state index is 3.54. The minimum Gasteiger partial charge on any atom is -1.00 e. The topological polar surface area (TPSA) is 0 Å². The van der Waals surface area contributed by atoms with Gasteiger partial charge in [0.25, 0.3) is 0 Å². The third-order valence-electron chi connectivity index (χ3n) is 7.23. The van der Waals surface area contributed by atoms with Crippen molar-refractivity contribution in [2.24, 2.45) is 0 Å². The molecule has 0 radical (unpaired) electrons. The molecule has 1 aliphatic rings. The molecule has 0 saturated carbocycles. The number of benzene rings is 4. The fourth-order valence-electron chi connectivity index (χ4n) is 4.58. The Morgan fingerprint density at radius 1 is 0.650 bits per heavy atom. The first-order chi connectivity index (χ1) is 18.2. The first-order valence-corrected chi connectivity index (χ1v) is 14.5. The maximum atomic E-state index is 3.54. The van der Waals surface area contributed by atoms with E-state index in [4.69, 9.17) is 0 Å². The summed E-state index contributed by atoms with van der Waals surface area (Å²) < 4.78 is 1.42. The Labute approximate surface area is 268 Å². The molecule has 3 heteroatoms. The van der Waals surface area contributed by atoms with Crippen LogP contribution in [0.1, 0.15) is 55.6 Å². The summed E-state index contributed by atoms with van der Waals surface area (Å²) in [5.41, 5.74) is 16.4. The van der Waals surface area contributed by atoms with E-state index in [0.29, 0.717) is 0 Å². The number of hydrogen-bond donors (Lipinski definition) is 0. The van der Waals surface area contributed by atoms with E-state index in [9.17, 15) is 0 Å². The van der Waals surface area contributed by atoms with E-state index >= 15 is 0 Å². The predicted molar refractivity (Wildman–Crippen MR) is 160 cm³/mol. The van der Waals surface area contributed by atoms with Crippen molar-refractivity contribution in [3.63, 3.8) is 0 Å². The number of halogens is 2. The van der Waals surface area contributed by atoms with E-state index in [1.807, 2.05) is 30.3 Å². The smallest absolute Gasteiger partial charge is 0.172 e. The predicted octanol–water partition coefficient (Wildman–Crippen LogP) is 3.12. The zero-order valence-corrected chi connectivity index (χ0v) is 28.2. The molecule has 6 rings (SSSR count). The second-order valence-electron chi connectivity index (χ2n) is 10.3. The van der Waals surface area contributed by atoms with Gasteiger partial charge in [-0.05, 0) is 37.0 Å². The van der Waals surface area contributed by atoms with Crippen molar-refractivity contribution in [2.45, 2.75) is 48.0 Å². The third-order valence-corrected chi connectivity index (χ3v) is 8.65. The van der Waals surface area contributed by atoms with E-state index in [-0.39, 0.29) is 24.8 Å². The molecule has 0 fully saturated rings. The van der Waals surface area contributed by atoms with Crippen LogP contribution >= 0.6 is 0 Å². The van der Waals surface area contributed by atoms with Gasteiger partial charge in [0, 0.05) is 0 Å². The molecule has 0 spiro atoms. The fraction of sp³-hybridized carbons (Fsp3) is 0.189. The quantitative estimate of drug-likeness (QED) is 0.255. The number of fused-ring (bicyclic) bond motifs is 3. The molecular weight excluding hydrogens is 607 g/mol. The first-order valence-electron chi connectivity index (χ1n) is 13.2. The summed E-state index contributed by atoms with van der Waals surface area (Å²) in [5, 5.41) is 0. The minimum atomic E-state index is 0. The molecule has 204 valence electrons. The van der Waals surface area contributed by atoms with Crippen LogP contribution in [0.25, 0.3) is 11.1 Å². The van der Waals surface area contributed by atoms with Crippen molar-refractivity contribution in [1.29, 1.82) is 0 Å². The number of hydrogen-bond acceptors (Lipinski definition) is 0. The summed E-state index contributed by atoms with van der Waals surface area (Å²) in [6, 6.07) is 38.1. The minimum absolute atomic E-state index is 0. The Morgan fingerprint density at radius 3 is 1.60 bits per heavy atom. The molecule has 0 atom stereocenters. The second-order valence-corrected chi connectivity index (χ2v) is 11.5. The van der Waals surface area contributed by atoms with Crippen molar-refractivity contribution in [1.82, 2.24) is 0 Å². The van der Waals surface area contributed by atoms with Crippen molar-refractivity contribution in [3.8, 4) is 11.1 Å². The summed E-state index contributed by atoms with van der Waals surface area (Å²) in [6.07, 6.45) is 1.05. The van der Waals surface area contributed by atoms with Gasteiger partial charge in [-0.25, -0.2) is 12.1 Å². The van der Waals surface area contributed by atoms with Gasteiger partial charge in [0.05, 0.1) is 0 Å². The van der Waals surface area contributed by atoms with Crippen molar-refractivity contribution in [3.05, 3.63) is 159 Å². The molecule has 0 bridgehead atoms. The van der Waals surface area contributed by atoms with Crippen molar-refractivity contribution >= 4 is 3.21 Å². The van der Waals surface area contributed by atoms with E-state index in [0.717, 1.165) is 6.42 Å². The Balaban J connectivity index is 0.000000229. The van der Waals surface area contributed by atoms with E-state index in [2.05, 4.69) is 114 Å². The van der Waals surface area contributed by atoms with E-state index in [1.54, 1.807) is 0 Å². The molecule has 0 N–H and O–H groups in total. The van der Waals surface area contributed by atoms with Crippen LogP contribution in [-0.2, 0) is 30.7 Å². The number of aryl methyl sites for hydroxylation is 6. The summed E-state index contributed by atoms with van der Waals surface area (Å²) in [5.74, 6) is 0. The van der Waals surface area contributed by atoms with Crippen LogP contribution in [0.3, 0.4) is 0 Å². The third kappa shape index (κ3) is 8.53. The molecule has 5 aromatic rings. The molecule has 5 aromatic carbocycles. The number of rotatable bonds is 2. The molecule has 0 heterocycles. The van der Waals surface area contributed by atoms with Crippen LogP contribution < -0.4 is 24.8 Å². The van der Waals surface area contributed by atoms with Gasteiger partial charge in [0.2, 0.25) is 0 Å². The Hall–Kier alpha value is -2.44. The normalized spacial score (nSPS) is 10.4. The molecule has 40 heavy (non-hydrogen) atoms. The largest absolute Gasteiger partial charge is 1.00 e. The molecule has 0 unspecified atom stereocenters. The average molecular weight is 643 g/mol. The Kier molecular flexibility index (Phi) is 13.1. The van der Waals surface area contributed by atoms with Crippen LogP contribution in [0.5, 0.6) is 0 Å². The van der Waals surface area contributed by atoms with Gasteiger partial charge < -0.3 is 24.8 Å². The fourth-order valence-corrected chi connectivity index (χ4v) is 5.39. The van der Waals surface area contributed by atoms with Gasteiger partial charge in [-0.3, -0.25) is 0 Å². The maximum Gasteiger partial charge on any atom is -0.172 e. The van der Waals surface area contributed by atoms with Gasteiger partial charge in [0.15, 0.2) is 0 Å². The molecule has 0 nitrogen and oxygen atoms in total. The van der Waals surface area contributed by atoms with Crippen LogP contribution in [0.15, 0.2) is 97.1 Å². The molecule has 0 amide bonds. The molecular formula is C37H36Cl2Zr-2. The van der Waals surface area contributed by atoms with E-state index in [1.165, 1.54) is 94.2 Å². The Morgan fingerprint density at radius 2 is 1.12 bits per heavy atom. The van der Waals surface area contributed by atoms with Gasteiger partial charge in [-0.1, -0.05) is 31.5 Å². The molecule has 0 aromatic heterocycles. The van der Waals surface area contributed by atoms with Crippen molar-refractivity contribution in [2.75, 3.05) is 0 Å². The summed E-state index contributed by atoms with van der Waals surface area (Å²) in [7, 11) is 0. The summed E-state index contributed by atoms with van der Waals surface area (Å²) in [6.45, 7) is 13.0. The molecule has 0 aliphatic heterocycles. The van der Waals surface area contributed by atoms with Crippen LogP contribution in [0, 0.1) is 47.6 Å². The van der Waals surface area contributed by atoms with Gasteiger partial charge in [0.1, 0.15) is 0 Å². The van der Waals surface area contributed by atoms with E-state index < -0.39 is 0 Å². The SMILES string of the molecule is Cc1[c-]c2c(cc1C)-c1cc(C)c(C)cc1C2.Cc1ccc([C](=[Zr+2])c2ccc(C)cc2)cc1.[Cl-].[Cl-].c1cc[cH-]c1. The zero-order chi connectivity index (χ0) is 27.2. The molecule has 0 saturated heterocycles. The standard InChI is InChI=1S/C17H17.C15H14.C5H5.2ClH.Zr/c1-10-5-14-9-15-6-11(2)13(4)8-17(15)16(14)7-12(10)3;1-12-3-7-14(8-4-12)11-15-9-5-13(2)6-10-15;1-2-4-5-3-1;;;/h5,7-8H,9H2,1-4H3;3-10H,1-2H3;1-5H;2*1H;/q-1;;-1;;;+2/p-2. The van der Waals surface area contributed by atoms with Gasteiger partial charge in [-0.2, -0.15) is 41.5 Å². The summed E-state index contributed by atoms with van der Waals surface area (Å²) in [4.78, 5) is 0. The Bertz CT molecular complexity index is 1410. The zero-order valence-electron chi connectivity index (χ0n) is 24.2. The van der Waals surface area contributed by atoms with Crippen molar-refractivity contribution < 1.29 is 49.0 Å². The second kappa shape index (κ2) is 15.5. The molecule has 1 aliphatic carbocycles. The van der Waals surface area contributed by atoms with Crippen LogP contribution in [-0.4, -0.2) is 3.21 Å². The van der Waals surface area contributed by atoms with Gasteiger partial charge in [-0.15, -0.1) is 11.1 Å².